The maximum Gasteiger partial charge on any atom is 0.490 e. The fraction of sp³-hybridized carbons (Fsp3) is 0.348. The number of carbonyl (C=O) groups excluding carboxylic acids is 1. The molecule has 0 aliphatic carbocycles. The summed E-state index contributed by atoms with van der Waals surface area (Å²) in [6.07, 6.45) is -3.22. The summed E-state index contributed by atoms with van der Waals surface area (Å²) in [6, 6.07) is 8.16. The number of nitrogens with zero attached hydrogens (tertiary/aromatic N) is 5. The minimum absolute atomic E-state index is 0.0609. The molecule has 0 bridgehead atoms. The van der Waals surface area contributed by atoms with Gasteiger partial charge in [-0.3, -0.25) is 4.79 Å². The van der Waals surface area contributed by atoms with Crippen LogP contribution in [-0.4, -0.2) is 69.3 Å². The number of benzene rings is 1. The SMILES string of the molecule is Cc1nc(C(=O)N2Cc3ccccc3-c3nc(N4CCOCC4)ncc3C2)cs1.O=C(O)C(F)(F)F. The quantitative estimate of drug-likeness (QED) is 0.546. The van der Waals surface area contributed by atoms with Gasteiger partial charge in [0.25, 0.3) is 5.91 Å². The Kier molecular flexibility index (Phi) is 7.50. The van der Waals surface area contributed by atoms with Crippen molar-refractivity contribution in [2.24, 2.45) is 0 Å². The zero-order valence-electron chi connectivity index (χ0n) is 19.2. The number of aliphatic carboxylic acids is 1. The number of carboxylic acids is 1. The van der Waals surface area contributed by atoms with Crippen molar-refractivity contribution in [1.82, 2.24) is 19.9 Å². The van der Waals surface area contributed by atoms with Gasteiger partial charge in [-0.05, 0) is 12.5 Å². The van der Waals surface area contributed by atoms with Crippen LogP contribution in [0.25, 0.3) is 11.3 Å². The second-order valence-electron chi connectivity index (χ2n) is 8.02. The summed E-state index contributed by atoms with van der Waals surface area (Å²) >= 11 is 1.49. The Bertz CT molecular complexity index is 1260. The van der Waals surface area contributed by atoms with Crippen molar-refractivity contribution < 1.29 is 32.6 Å². The average molecular weight is 522 g/mol. The number of ether oxygens (including phenoxy) is 1. The Hall–Kier alpha value is -3.58. The van der Waals surface area contributed by atoms with Gasteiger partial charge in [0, 0.05) is 42.3 Å². The third-order valence-electron chi connectivity index (χ3n) is 5.51. The lowest BCUT2D eigenvalue weighted by molar-refractivity contribution is -0.192. The van der Waals surface area contributed by atoms with E-state index in [1.807, 2.05) is 35.5 Å². The number of anilines is 1. The molecule has 0 atom stereocenters. The van der Waals surface area contributed by atoms with Crippen LogP contribution in [0.2, 0.25) is 0 Å². The third-order valence-corrected chi connectivity index (χ3v) is 6.28. The van der Waals surface area contributed by atoms with Crippen LogP contribution in [0.1, 0.15) is 26.6 Å². The number of carbonyl (C=O) groups is 2. The van der Waals surface area contributed by atoms with Crippen LogP contribution < -0.4 is 4.90 Å². The number of alkyl halides is 3. The van der Waals surface area contributed by atoms with E-state index in [0.29, 0.717) is 32.0 Å². The average Bonchev–Trinajstić information content (AvgIpc) is 3.22. The predicted octanol–water partition coefficient (Wildman–Crippen LogP) is 3.53. The van der Waals surface area contributed by atoms with Gasteiger partial charge in [0.15, 0.2) is 0 Å². The van der Waals surface area contributed by atoms with E-state index in [1.165, 1.54) is 11.3 Å². The molecule has 0 saturated carbocycles. The first-order valence-electron chi connectivity index (χ1n) is 10.9. The summed E-state index contributed by atoms with van der Waals surface area (Å²) in [4.78, 5) is 39.9. The topological polar surface area (TPSA) is 109 Å². The number of aryl methyl sites for hydroxylation is 1. The lowest BCUT2D eigenvalue weighted by atomic mass is 10.0. The van der Waals surface area contributed by atoms with Gasteiger partial charge >= 0.3 is 12.1 Å². The molecule has 1 N–H and O–H groups in total. The Labute approximate surface area is 208 Å². The Balaban J connectivity index is 0.000000384. The number of carboxylic acid groups (broad SMARTS) is 1. The summed E-state index contributed by atoms with van der Waals surface area (Å²) in [5.41, 5.74) is 4.50. The van der Waals surface area contributed by atoms with Crippen LogP contribution in [0.3, 0.4) is 0 Å². The van der Waals surface area contributed by atoms with E-state index in [2.05, 4.69) is 27.0 Å². The number of halogens is 3. The minimum atomic E-state index is -5.08. The van der Waals surface area contributed by atoms with Gasteiger partial charge in [0.1, 0.15) is 5.69 Å². The first kappa shape index (κ1) is 25.5. The van der Waals surface area contributed by atoms with E-state index in [-0.39, 0.29) is 5.91 Å². The summed E-state index contributed by atoms with van der Waals surface area (Å²) < 4.78 is 37.2. The number of hydrogen-bond donors (Lipinski definition) is 1. The molecule has 4 heterocycles. The number of fused-ring (bicyclic) bond motifs is 3. The van der Waals surface area contributed by atoms with Crippen LogP contribution in [0.5, 0.6) is 0 Å². The van der Waals surface area contributed by atoms with Crippen molar-refractivity contribution >= 4 is 29.2 Å². The zero-order valence-corrected chi connectivity index (χ0v) is 20.0. The standard InChI is InChI=1S/C21H21N5O2S.C2HF3O2/c1-14-23-18(13-29-14)20(27)26-11-15-4-2-3-5-17(15)19-16(12-26)10-22-21(24-19)25-6-8-28-9-7-25;3-2(4,5)1(6)7/h2-5,10,13H,6-9,11-12H2,1H3;(H,6,7). The van der Waals surface area contributed by atoms with E-state index in [4.69, 9.17) is 19.6 Å². The van der Waals surface area contributed by atoms with Crippen LogP contribution in [0.4, 0.5) is 19.1 Å². The Morgan fingerprint density at radius 3 is 2.39 bits per heavy atom. The fourth-order valence-corrected chi connectivity index (χ4v) is 4.37. The van der Waals surface area contributed by atoms with E-state index in [0.717, 1.165) is 46.4 Å². The largest absolute Gasteiger partial charge is 0.490 e. The van der Waals surface area contributed by atoms with Crippen LogP contribution in [0, 0.1) is 6.92 Å². The predicted molar refractivity (Wildman–Crippen MR) is 125 cm³/mol. The number of aromatic nitrogens is 3. The lowest BCUT2D eigenvalue weighted by Crippen LogP contribution is -2.37. The second kappa shape index (κ2) is 10.6. The third kappa shape index (κ3) is 5.79. The van der Waals surface area contributed by atoms with Crippen LogP contribution in [0.15, 0.2) is 35.8 Å². The van der Waals surface area contributed by atoms with Crippen molar-refractivity contribution in [3.05, 3.63) is 57.7 Å². The first-order chi connectivity index (χ1) is 17.1. The van der Waals surface area contributed by atoms with Gasteiger partial charge in [0.2, 0.25) is 5.95 Å². The Morgan fingerprint density at radius 1 is 1.08 bits per heavy atom. The number of thiazole rings is 1. The molecule has 190 valence electrons. The molecular formula is C23H22F3N5O4S. The molecule has 0 spiro atoms. The van der Waals surface area contributed by atoms with Gasteiger partial charge in [-0.15, -0.1) is 11.3 Å². The van der Waals surface area contributed by atoms with Gasteiger partial charge in [-0.25, -0.2) is 19.7 Å². The van der Waals surface area contributed by atoms with E-state index in [9.17, 15) is 18.0 Å². The van der Waals surface area contributed by atoms with E-state index < -0.39 is 12.1 Å². The van der Waals surface area contributed by atoms with Crippen molar-refractivity contribution in [2.45, 2.75) is 26.2 Å². The summed E-state index contributed by atoms with van der Waals surface area (Å²) in [7, 11) is 0. The lowest BCUT2D eigenvalue weighted by Gasteiger charge is -2.27. The van der Waals surface area contributed by atoms with Crippen LogP contribution >= 0.6 is 11.3 Å². The van der Waals surface area contributed by atoms with Crippen molar-refractivity contribution in [2.75, 3.05) is 31.2 Å². The van der Waals surface area contributed by atoms with E-state index >= 15 is 0 Å². The highest BCUT2D eigenvalue weighted by Crippen LogP contribution is 2.32. The number of rotatable bonds is 2. The molecule has 2 aliphatic rings. The molecule has 1 saturated heterocycles. The van der Waals surface area contributed by atoms with Crippen LogP contribution in [-0.2, 0) is 22.6 Å². The number of amides is 1. The molecule has 2 aliphatic heterocycles. The minimum Gasteiger partial charge on any atom is -0.475 e. The highest BCUT2D eigenvalue weighted by atomic mass is 32.1. The molecule has 1 fully saturated rings. The maximum absolute atomic E-state index is 13.1. The zero-order chi connectivity index (χ0) is 25.9. The summed E-state index contributed by atoms with van der Waals surface area (Å²) in [5, 5.41) is 9.84. The number of hydrogen-bond acceptors (Lipinski definition) is 8. The summed E-state index contributed by atoms with van der Waals surface area (Å²) in [6.45, 7) is 5.84. The maximum atomic E-state index is 13.1. The highest BCUT2D eigenvalue weighted by Gasteiger charge is 2.38. The molecule has 36 heavy (non-hydrogen) atoms. The fourth-order valence-electron chi connectivity index (χ4n) is 3.79. The molecule has 2 aromatic heterocycles. The van der Waals surface area contributed by atoms with Gasteiger partial charge in [-0.1, -0.05) is 24.3 Å². The molecule has 1 aromatic carbocycles. The molecule has 9 nitrogen and oxygen atoms in total. The molecule has 0 radical (unpaired) electrons. The van der Waals surface area contributed by atoms with Crippen molar-refractivity contribution in [3.63, 3.8) is 0 Å². The highest BCUT2D eigenvalue weighted by molar-refractivity contribution is 7.09. The molecule has 3 aromatic rings. The molecular weight excluding hydrogens is 499 g/mol. The van der Waals surface area contributed by atoms with Gasteiger partial charge in [0.05, 0.1) is 30.5 Å². The van der Waals surface area contributed by atoms with Crippen molar-refractivity contribution in [1.29, 1.82) is 0 Å². The Morgan fingerprint density at radius 2 is 1.75 bits per heavy atom. The first-order valence-corrected chi connectivity index (χ1v) is 11.8. The number of morpholine rings is 1. The smallest absolute Gasteiger partial charge is 0.475 e. The molecule has 5 rings (SSSR count). The summed E-state index contributed by atoms with van der Waals surface area (Å²) in [5.74, 6) is -2.10. The molecule has 0 unspecified atom stereocenters. The monoisotopic (exact) mass is 521 g/mol. The van der Waals surface area contributed by atoms with Gasteiger partial charge < -0.3 is 19.6 Å². The second-order valence-corrected chi connectivity index (χ2v) is 9.08. The normalized spacial score (nSPS) is 15.2. The van der Waals surface area contributed by atoms with Gasteiger partial charge in [-0.2, -0.15) is 13.2 Å². The molecule has 13 heteroatoms. The van der Waals surface area contributed by atoms with Crippen molar-refractivity contribution in [3.8, 4) is 11.3 Å². The van der Waals surface area contributed by atoms with E-state index in [1.54, 1.807) is 0 Å². The molecule has 1 amide bonds.